The number of amides is 2. The zero-order valence-electron chi connectivity index (χ0n) is 13.6. The van der Waals surface area contributed by atoms with Gasteiger partial charge in [-0.2, -0.15) is 0 Å². The Balaban J connectivity index is 1.67. The maximum atomic E-state index is 12.4. The molecular formula is C19H18Cl2N2O2. The van der Waals surface area contributed by atoms with Crippen LogP contribution < -0.4 is 5.32 Å². The second-order valence-electron chi connectivity index (χ2n) is 6.01. The van der Waals surface area contributed by atoms with Gasteiger partial charge in [0.2, 0.25) is 0 Å². The second kappa shape index (κ2) is 7.89. The van der Waals surface area contributed by atoms with Crippen molar-refractivity contribution in [2.75, 3.05) is 18.4 Å². The topological polar surface area (TPSA) is 49.4 Å². The first-order chi connectivity index (χ1) is 12.0. The maximum Gasteiger partial charge on any atom is 0.257 e. The van der Waals surface area contributed by atoms with E-state index >= 15 is 0 Å². The van der Waals surface area contributed by atoms with Gasteiger partial charge >= 0.3 is 0 Å². The molecule has 1 saturated heterocycles. The maximum absolute atomic E-state index is 12.4. The quantitative estimate of drug-likeness (QED) is 0.830. The molecule has 3 rings (SSSR count). The fourth-order valence-corrected chi connectivity index (χ4v) is 3.34. The van der Waals surface area contributed by atoms with Gasteiger partial charge in [0.25, 0.3) is 11.8 Å². The Morgan fingerprint density at radius 1 is 0.920 bits per heavy atom. The molecule has 0 bridgehead atoms. The highest BCUT2D eigenvalue weighted by atomic mass is 35.5. The molecule has 2 aromatic carbocycles. The van der Waals surface area contributed by atoms with Crippen LogP contribution in [0.2, 0.25) is 10.0 Å². The zero-order chi connectivity index (χ0) is 17.8. The Hall–Kier alpha value is -2.04. The molecule has 0 radical (unpaired) electrons. The van der Waals surface area contributed by atoms with Crippen molar-refractivity contribution < 1.29 is 9.59 Å². The molecule has 1 N–H and O–H groups in total. The van der Waals surface area contributed by atoms with Gasteiger partial charge in [-0.1, -0.05) is 23.2 Å². The Bertz CT molecular complexity index is 785. The minimum absolute atomic E-state index is 0.0401. The number of piperidine rings is 1. The fraction of sp³-hybridized carbons (Fsp3) is 0.263. The van der Waals surface area contributed by atoms with E-state index < -0.39 is 0 Å². The standard InChI is InChI=1S/C19H18Cl2N2O2/c20-14-6-9-16(17(21)12-14)18(24)22-15-7-4-13(5-8-15)19(25)23-10-2-1-3-11-23/h4-9,12H,1-3,10-11H2,(H,22,24). The van der Waals surface area contributed by atoms with E-state index in [2.05, 4.69) is 5.32 Å². The lowest BCUT2D eigenvalue weighted by molar-refractivity contribution is 0.0724. The predicted octanol–water partition coefficient (Wildman–Crippen LogP) is 4.87. The highest BCUT2D eigenvalue weighted by molar-refractivity contribution is 6.37. The number of hydrogen-bond donors (Lipinski definition) is 1. The molecule has 4 nitrogen and oxygen atoms in total. The summed E-state index contributed by atoms with van der Waals surface area (Å²) >= 11 is 11.9. The molecule has 1 aliphatic heterocycles. The Kier molecular flexibility index (Phi) is 5.61. The molecule has 1 fully saturated rings. The van der Waals surface area contributed by atoms with Crippen LogP contribution in [0.15, 0.2) is 42.5 Å². The van der Waals surface area contributed by atoms with Crippen molar-refractivity contribution in [2.24, 2.45) is 0 Å². The third-order valence-electron chi connectivity index (χ3n) is 4.21. The summed E-state index contributed by atoms with van der Waals surface area (Å²) in [7, 11) is 0. The molecule has 0 atom stereocenters. The largest absolute Gasteiger partial charge is 0.339 e. The molecule has 1 aliphatic rings. The number of nitrogens with one attached hydrogen (secondary N) is 1. The van der Waals surface area contributed by atoms with Gasteiger partial charge in [0.1, 0.15) is 0 Å². The summed E-state index contributed by atoms with van der Waals surface area (Å²) in [6, 6.07) is 11.6. The van der Waals surface area contributed by atoms with E-state index in [1.807, 2.05) is 4.90 Å². The molecule has 25 heavy (non-hydrogen) atoms. The van der Waals surface area contributed by atoms with Crippen LogP contribution in [0.3, 0.4) is 0 Å². The average molecular weight is 377 g/mol. The van der Waals surface area contributed by atoms with Crippen molar-refractivity contribution in [1.29, 1.82) is 0 Å². The molecular weight excluding hydrogens is 359 g/mol. The van der Waals surface area contributed by atoms with Crippen LogP contribution in [-0.2, 0) is 0 Å². The van der Waals surface area contributed by atoms with Crippen LogP contribution >= 0.6 is 23.2 Å². The third-order valence-corrected chi connectivity index (χ3v) is 4.76. The molecule has 6 heteroatoms. The Morgan fingerprint density at radius 2 is 1.60 bits per heavy atom. The average Bonchev–Trinajstić information content (AvgIpc) is 2.62. The van der Waals surface area contributed by atoms with Crippen LogP contribution in [-0.4, -0.2) is 29.8 Å². The number of carbonyl (C=O) groups excluding carboxylic acids is 2. The van der Waals surface area contributed by atoms with E-state index in [1.54, 1.807) is 36.4 Å². The second-order valence-corrected chi connectivity index (χ2v) is 6.85. The number of nitrogens with zero attached hydrogens (tertiary/aromatic N) is 1. The van der Waals surface area contributed by atoms with E-state index in [4.69, 9.17) is 23.2 Å². The van der Waals surface area contributed by atoms with Crippen molar-refractivity contribution >= 4 is 40.7 Å². The van der Waals surface area contributed by atoms with Crippen LogP contribution in [0.5, 0.6) is 0 Å². The monoisotopic (exact) mass is 376 g/mol. The predicted molar refractivity (Wildman–Crippen MR) is 101 cm³/mol. The van der Waals surface area contributed by atoms with Crippen molar-refractivity contribution in [3.8, 4) is 0 Å². The van der Waals surface area contributed by atoms with Crippen LogP contribution in [0.25, 0.3) is 0 Å². The highest BCUT2D eigenvalue weighted by Crippen LogP contribution is 2.22. The van der Waals surface area contributed by atoms with Crippen LogP contribution in [0.4, 0.5) is 5.69 Å². The minimum Gasteiger partial charge on any atom is -0.339 e. The molecule has 0 unspecified atom stereocenters. The molecule has 2 aromatic rings. The minimum atomic E-state index is -0.322. The molecule has 0 aromatic heterocycles. The lowest BCUT2D eigenvalue weighted by Crippen LogP contribution is -2.35. The third kappa shape index (κ3) is 4.33. The van der Waals surface area contributed by atoms with Crippen LogP contribution in [0.1, 0.15) is 40.0 Å². The van der Waals surface area contributed by atoms with E-state index in [0.717, 1.165) is 25.9 Å². The van der Waals surface area contributed by atoms with Gasteiger partial charge in [-0.3, -0.25) is 9.59 Å². The number of rotatable bonds is 3. The molecule has 2 amide bonds. The van der Waals surface area contributed by atoms with E-state index in [9.17, 15) is 9.59 Å². The number of anilines is 1. The molecule has 0 aliphatic carbocycles. The van der Waals surface area contributed by atoms with Gasteiger partial charge in [-0.25, -0.2) is 0 Å². The normalized spacial score (nSPS) is 14.2. The number of benzene rings is 2. The smallest absolute Gasteiger partial charge is 0.257 e. The summed E-state index contributed by atoms with van der Waals surface area (Å²) in [4.78, 5) is 26.6. The molecule has 0 saturated carbocycles. The summed E-state index contributed by atoms with van der Waals surface area (Å²) in [6.07, 6.45) is 3.30. The number of hydrogen-bond acceptors (Lipinski definition) is 2. The summed E-state index contributed by atoms with van der Waals surface area (Å²) in [5.74, 6) is -0.282. The van der Waals surface area contributed by atoms with Crippen molar-refractivity contribution in [1.82, 2.24) is 4.90 Å². The van der Waals surface area contributed by atoms with Crippen molar-refractivity contribution in [3.63, 3.8) is 0 Å². The van der Waals surface area contributed by atoms with Gasteiger partial charge in [0, 0.05) is 29.4 Å². The van der Waals surface area contributed by atoms with Gasteiger partial charge < -0.3 is 10.2 Å². The first-order valence-electron chi connectivity index (χ1n) is 8.20. The molecule has 130 valence electrons. The van der Waals surface area contributed by atoms with E-state index in [0.29, 0.717) is 26.9 Å². The summed E-state index contributed by atoms with van der Waals surface area (Å²) in [6.45, 7) is 1.62. The lowest BCUT2D eigenvalue weighted by atomic mass is 10.1. The fourth-order valence-electron chi connectivity index (χ4n) is 2.85. The van der Waals surface area contributed by atoms with Crippen molar-refractivity contribution in [3.05, 3.63) is 63.6 Å². The summed E-state index contributed by atoms with van der Waals surface area (Å²) in [5.41, 5.74) is 1.58. The molecule has 1 heterocycles. The van der Waals surface area contributed by atoms with Gasteiger partial charge in [-0.05, 0) is 61.7 Å². The van der Waals surface area contributed by atoms with Crippen molar-refractivity contribution in [2.45, 2.75) is 19.3 Å². The Labute approximate surface area is 156 Å². The van der Waals surface area contributed by atoms with E-state index in [1.165, 1.54) is 12.5 Å². The SMILES string of the molecule is O=C(Nc1ccc(C(=O)N2CCCCC2)cc1)c1ccc(Cl)cc1Cl. The number of likely N-dealkylation sites (tertiary alicyclic amines) is 1. The van der Waals surface area contributed by atoms with Gasteiger partial charge in [-0.15, -0.1) is 0 Å². The first kappa shape index (κ1) is 17.8. The van der Waals surface area contributed by atoms with Gasteiger partial charge in [0.05, 0.1) is 10.6 Å². The van der Waals surface area contributed by atoms with E-state index in [-0.39, 0.29) is 11.8 Å². The lowest BCUT2D eigenvalue weighted by Gasteiger charge is -2.26. The molecule has 0 spiro atoms. The first-order valence-corrected chi connectivity index (χ1v) is 8.96. The van der Waals surface area contributed by atoms with Crippen LogP contribution in [0, 0.1) is 0 Å². The number of carbonyl (C=O) groups is 2. The Morgan fingerprint density at radius 3 is 2.24 bits per heavy atom. The van der Waals surface area contributed by atoms with Gasteiger partial charge in [0.15, 0.2) is 0 Å². The number of halogens is 2. The summed E-state index contributed by atoms with van der Waals surface area (Å²) in [5, 5.41) is 3.54. The highest BCUT2D eigenvalue weighted by Gasteiger charge is 2.18. The zero-order valence-corrected chi connectivity index (χ0v) is 15.1. The summed E-state index contributed by atoms with van der Waals surface area (Å²) < 4.78 is 0.